The summed E-state index contributed by atoms with van der Waals surface area (Å²) < 4.78 is 5.50. The summed E-state index contributed by atoms with van der Waals surface area (Å²) in [6.45, 7) is 9.52. The highest BCUT2D eigenvalue weighted by Gasteiger charge is 2.20. The third kappa shape index (κ3) is 5.52. The van der Waals surface area contributed by atoms with Crippen molar-refractivity contribution in [2.75, 3.05) is 13.2 Å². The van der Waals surface area contributed by atoms with Gasteiger partial charge in [-0.1, -0.05) is 39.0 Å². The second kappa shape index (κ2) is 6.76. The van der Waals surface area contributed by atoms with Gasteiger partial charge in [-0.15, -0.1) is 0 Å². The number of ether oxygens (including phenoxy) is 1. The summed E-state index contributed by atoms with van der Waals surface area (Å²) in [5.41, 5.74) is 0.194. The Morgan fingerprint density at radius 3 is 2.39 bits per heavy atom. The van der Waals surface area contributed by atoms with Crippen LogP contribution in [0.5, 0.6) is 5.75 Å². The standard InChI is InChI=1S/C15H25NO2/c1-12(15(2,3)4)16-10-13(17)11-18-14-8-6-5-7-9-14/h5-9,12-13,16-17H,10-11H2,1-4H3. The van der Waals surface area contributed by atoms with Gasteiger partial charge in [0, 0.05) is 12.6 Å². The lowest BCUT2D eigenvalue weighted by Gasteiger charge is -2.29. The molecule has 0 amide bonds. The number of benzene rings is 1. The Labute approximate surface area is 110 Å². The molecule has 0 aliphatic carbocycles. The Balaban J connectivity index is 2.24. The zero-order chi connectivity index (χ0) is 13.6. The molecule has 3 nitrogen and oxygen atoms in total. The Bertz CT molecular complexity index is 332. The Morgan fingerprint density at radius 2 is 1.83 bits per heavy atom. The van der Waals surface area contributed by atoms with Crippen LogP contribution in [-0.2, 0) is 0 Å². The maximum Gasteiger partial charge on any atom is 0.119 e. The normalized spacial score (nSPS) is 15.2. The third-order valence-electron chi connectivity index (χ3n) is 3.14. The van der Waals surface area contributed by atoms with Gasteiger partial charge in [0.2, 0.25) is 0 Å². The van der Waals surface area contributed by atoms with Crippen molar-refractivity contribution in [2.45, 2.75) is 39.8 Å². The zero-order valence-electron chi connectivity index (χ0n) is 11.8. The quantitative estimate of drug-likeness (QED) is 0.816. The van der Waals surface area contributed by atoms with Crippen LogP contribution in [0, 0.1) is 5.41 Å². The number of hydrogen-bond donors (Lipinski definition) is 2. The summed E-state index contributed by atoms with van der Waals surface area (Å²) in [6.07, 6.45) is -0.491. The van der Waals surface area contributed by atoms with E-state index in [9.17, 15) is 5.11 Å². The van der Waals surface area contributed by atoms with E-state index in [2.05, 4.69) is 33.0 Å². The van der Waals surface area contributed by atoms with Crippen molar-refractivity contribution in [3.63, 3.8) is 0 Å². The predicted octanol–water partition coefficient (Wildman–Crippen LogP) is 2.45. The van der Waals surface area contributed by atoms with Gasteiger partial charge < -0.3 is 15.2 Å². The van der Waals surface area contributed by atoms with Crippen LogP contribution in [0.2, 0.25) is 0 Å². The van der Waals surface area contributed by atoms with Gasteiger partial charge in [-0.2, -0.15) is 0 Å². The molecule has 2 unspecified atom stereocenters. The largest absolute Gasteiger partial charge is 0.491 e. The first-order valence-corrected chi connectivity index (χ1v) is 6.49. The fraction of sp³-hybridized carbons (Fsp3) is 0.600. The number of para-hydroxylation sites is 1. The van der Waals surface area contributed by atoms with Gasteiger partial charge in [0.05, 0.1) is 0 Å². The Hall–Kier alpha value is -1.06. The molecule has 0 fully saturated rings. The molecule has 0 saturated carbocycles. The van der Waals surface area contributed by atoms with Crippen LogP contribution in [0.1, 0.15) is 27.7 Å². The Kier molecular flexibility index (Phi) is 5.63. The molecule has 1 aromatic rings. The fourth-order valence-corrected chi connectivity index (χ4v) is 1.39. The second-order valence-corrected chi connectivity index (χ2v) is 5.77. The maximum absolute atomic E-state index is 9.84. The lowest BCUT2D eigenvalue weighted by Crippen LogP contribution is -2.42. The van der Waals surface area contributed by atoms with Crippen molar-refractivity contribution in [1.29, 1.82) is 0 Å². The minimum atomic E-state index is -0.491. The number of nitrogens with one attached hydrogen (secondary N) is 1. The van der Waals surface area contributed by atoms with Crippen LogP contribution in [0.3, 0.4) is 0 Å². The maximum atomic E-state index is 9.84. The van der Waals surface area contributed by atoms with E-state index in [0.29, 0.717) is 19.2 Å². The summed E-state index contributed by atoms with van der Waals surface area (Å²) in [5, 5.41) is 13.2. The smallest absolute Gasteiger partial charge is 0.119 e. The molecule has 0 radical (unpaired) electrons. The van der Waals surface area contributed by atoms with Gasteiger partial charge in [0.15, 0.2) is 0 Å². The van der Waals surface area contributed by atoms with Crippen molar-refractivity contribution in [3.8, 4) is 5.75 Å². The molecule has 0 aromatic heterocycles. The molecule has 0 bridgehead atoms. The lowest BCUT2D eigenvalue weighted by molar-refractivity contribution is 0.0986. The van der Waals surface area contributed by atoms with Crippen molar-refractivity contribution in [3.05, 3.63) is 30.3 Å². The zero-order valence-corrected chi connectivity index (χ0v) is 11.8. The molecule has 0 aliphatic heterocycles. The number of hydrogen-bond acceptors (Lipinski definition) is 3. The summed E-state index contributed by atoms with van der Waals surface area (Å²) in [6, 6.07) is 9.90. The highest BCUT2D eigenvalue weighted by molar-refractivity contribution is 5.20. The summed E-state index contributed by atoms with van der Waals surface area (Å²) >= 11 is 0. The molecule has 0 spiro atoms. The van der Waals surface area contributed by atoms with E-state index in [1.54, 1.807) is 0 Å². The van der Waals surface area contributed by atoms with Crippen LogP contribution in [-0.4, -0.2) is 30.4 Å². The van der Waals surface area contributed by atoms with E-state index in [4.69, 9.17) is 4.74 Å². The SMILES string of the molecule is CC(NCC(O)COc1ccccc1)C(C)(C)C. The van der Waals surface area contributed by atoms with Gasteiger partial charge in [0.1, 0.15) is 18.5 Å². The van der Waals surface area contributed by atoms with Crippen LogP contribution in [0.4, 0.5) is 0 Å². The van der Waals surface area contributed by atoms with E-state index in [0.717, 1.165) is 5.75 Å². The molecular weight excluding hydrogens is 226 g/mol. The molecule has 1 rings (SSSR count). The predicted molar refractivity (Wildman–Crippen MR) is 74.9 cm³/mol. The van der Waals surface area contributed by atoms with Crippen molar-refractivity contribution < 1.29 is 9.84 Å². The van der Waals surface area contributed by atoms with E-state index in [1.165, 1.54) is 0 Å². The highest BCUT2D eigenvalue weighted by atomic mass is 16.5. The number of rotatable bonds is 6. The Morgan fingerprint density at radius 1 is 1.22 bits per heavy atom. The minimum Gasteiger partial charge on any atom is -0.491 e. The highest BCUT2D eigenvalue weighted by Crippen LogP contribution is 2.18. The van der Waals surface area contributed by atoms with Crippen LogP contribution >= 0.6 is 0 Å². The first-order valence-electron chi connectivity index (χ1n) is 6.49. The summed E-state index contributed by atoms with van der Waals surface area (Å²) in [4.78, 5) is 0. The molecule has 18 heavy (non-hydrogen) atoms. The fourth-order valence-electron chi connectivity index (χ4n) is 1.39. The average Bonchev–Trinajstić information content (AvgIpc) is 2.33. The monoisotopic (exact) mass is 251 g/mol. The summed E-state index contributed by atoms with van der Waals surface area (Å²) in [7, 11) is 0. The van der Waals surface area contributed by atoms with Crippen LogP contribution in [0.15, 0.2) is 30.3 Å². The van der Waals surface area contributed by atoms with Gasteiger partial charge in [0.25, 0.3) is 0 Å². The molecule has 0 saturated heterocycles. The molecular formula is C15H25NO2. The first kappa shape index (κ1) is 15.0. The summed E-state index contributed by atoms with van der Waals surface area (Å²) in [5.74, 6) is 0.792. The molecule has 2 N–H and O–H groups in total. The molecule has 2 atom stereocenters. The molecule has 102 valence electrons. The minimum absolute atomic E-state index is 0.194. The van der Waals surface area contributed by atoms with Gasteiger partial charge in [-0.25, -0.2) is 0 Å². The topological polar surface area (TPSA) is 41.5 Å². The van der Waals surface area contributed by atoms with E-state index in [1.807, 2.05) is 30.3 Å². The van der Waals surface area contributed by atoms with Crippen molar-refractivity contribution in [2.24, 2.45) is 5.41 Å². The van der Waals surface area contributed by atoms with Crippen molar-refractivity contribution >= 4 is 0 Å². The van der Waals surface area contributed by atoms with Crippen LogP contribution in [0.25, 0.3) is 0 Å². The van der Waals surface area contributed by atoms with E-state index >= 15 is 0 Å². The van der Waals surface area contributed by atoms with Crippen molar-refractivity contribution in [1.82, 2.24) is 5.32 Å². The molecule has 1 aromatic carbocycles. The van der Waals surface area contributed by atoms with Gasteiger partial charge in [-0.3, -0.25) is 0 Å². The number of aliphatic hydroxyl groups is 1. The van der Waals surface area contributed by atoms with Crippen LogP contribution < -0.4 is 10.1 Å². The average molecular weight is 251 g/mol. The number of aliphatic hydroxyl groups excluding tert-OH is 1. The first-order chi connectivity index (χ1) is 8.39. The van der Waals surface area contributed by atoms with E-state index < -0.39 is 6.10 Å². The lowest BCUT2D eigenvalue weighted by atomic mass is 9.88. The van der Waals surface area contributed by atoms with Gasteiger partial charge in [-0.05, 0) is 24.5 Å². The van der Waals surface area contributed by atoms with E-state index in [-0.39, 0.29) is 5.41 Å². The third-order valence-corrected chi connectivity index (χ3v) is 3.14. The molecule has 0 heterocycles. The molecule has 0 aliphatic rings. The van der Waals surface area contributed by atoms with Gasteiger partial charge >= 0.3 is 0 Å². The second-order valence-electron chi connectivity index (χ2n) is 5.77. The molecule has 3 heteroatoms.